The number of benzene rings is 2. The van der Waals surface area contributed by atoms with E-state index in [0.717, 1.165) is 22.6 Å². The van der Waals surface area contributed by atoms with Crippen molar-refractivity contribution in [2.45, 2.75) is 13.3 Å². The van der Waals surface area contributed by atoms with Gasteiger partial charge in [-0.3, -0.25) is 4.79 Å². The summed E-state index contributed by atoms with van der Waals surface area (Å²) in [5, 5.41) is 6.04. The molecule has 3 N–H and O–H groups in total. The van der Waals surface area contributed by atoms with Gasteiger partial charge in [0.25, 0.3) is 5.91 Å². The highest BCUT2D eigenvalue weighted by Crippen LogP contribution is 2.14. The SMILES string of the molecule is Cc1ccc(NC(=O)c2ccc(NCCc3nc4ccc(F)cc4[nH]3)nc2)cc1. The lowest BCUT2D eigenvalue weighted by atomic mass is 10.2. The Bertz CT molecular complexity index is 1140. The number of amides is 1. The molecule has 2 heterocycles. The Balaban J connectivity index is 1.31. The normalized spacial score (nSPS) is 10.8. The fourth-order valence-corrected chi connectivity index (χ4v) is 2.93. The van der Waals surface area contributed by atoms with Crippen LogP contribution in [0.1, 0.15) is 21.7 Å². The van der Waals surface area contributed by atoms with Crippen molar-refractivity contribution in [2.24, 2.45) is 0 Å². The maximum atomic E-state index is 13.2. The standard InChI is InChI=1S/C22H20FN5O/c1-14-2-6-17(7-3-14)26-22(29)15-4-9-20(25-13-15)24-11-10-21-27-18-8-5-16(23)12-19(18)28-21/h2-9,12-13H,10-11H2,1H3,(H,24,25)(H,26,29)(H,27,28). The molecule has 4 rings (SSSR count). The zero-order valence-electron chi connectivity index (χ0n) is 15.9. The Morgan fingerprint density at radius 1 is 1.10 bits per heavy atom. The average molecular weight is 389 g/mol. The summed E-state index contributed by atoms with van der Waals surface area (Å²) in [5.74, 6) is 0.940. The number of carbonyl (C=O) groups excluding carboxylic acids is 1. The number of halogens is 1. The van der Waals surface area contributed by atoms with E-state index in [0.29, 0.717) is 29.9 Å². The van der Waals surface area contributed by atoms with Gasteiger partial charge in [0.15, 0.2) is 0 Å². The van der Waals surface area contributed by atoms with Gasteiger partial charge in [-0.25, -0.2) is 14.4 Å². The second-order valence-electron chi connectivity index (χ2n) is 6.77. The Labute approximate surface area is 167 Å². The minimum Gasteiger partial charge on any atom is -0.370 e. The lowest BCUT2D eigenvalue weighted by Gasteiger charge is -2.07. The number of imidazole rings is 1. The van der Waals surface area contributed by atoms with E-state index < -0.39 is 0 Å². The van der Waals surface area contributed by atoms with Crippen LogP contribution < -0.4 is 10.6 Å². The molecule has 0 atom stereocenters. The van der Waals surface area contributed by atoms with E-state index in [-0.39, 0.29) is 11.7 Å². The van der Waals surface area contributed by atoms with Crippen LogP contribution in [0.4, 0.5) is 15.9 Å². The van der Waals surface area contributed by atoms with Crippen molar-refractivity contribution in [3.8, 4) is 0 Å². The number of anilines is 2. The number of carbonyl (C=O) groups is 1. The number of rotatable bonds is 6. The summed E-state index contributed by atoms with van der Waals surface area (Å²) in [5.41, 5.74) is 3.78. The number of nitrogens with zero attached hydrogens (tertiary/aromatic N) is 2. The molecule has 0 unspecified atom stereocenters. The Morgan fingerprint density at radius 2 is 1.93 bits per heavy atom. The second-order valence-corrected chi connectivity index (χ2v) is 6.77. The zero-order chi connectivity index (χ0) is 20.2. The Kier molecular flexibility index (Phi) is 5.20. The lowest BCUT2D eigenvalue weighted by Crippen LogP contribution is -2.13. The predicted octanol–water partition coefficient (Wildman–Crippen LogP) is 4.31. The topological polar surface area (TPSA) is 82.7 Å². The number of hydrogen-bond donors (Lipinski definition) is 3. The van der Waals surface area contributed by atoms with E-state index in [4.69, 9.17) is 0 Å². The van der Waals surface area contributed by atoms with E-state index >= 15 is 0 Å². The number of aryl methyl sites for hydroxylation is 1. The molecule has 0 bridgehead atoms. The molecule has 0 aliphatic carbocycles. The molecule has 2 aromatic carbocycles. The summed E-state index contributed by atoms with van der Waals surface area (Å²) in [6.07, 6.45) is 2.17. The summed E-state index contributed by atoms with van der Waals surface area (Å²) in [6.45, 7) is 2.60. The van der Waals surface area contributed by atoms with Crippen LogP contribution in [0.15, 0.2) is 60.8 Å². The van der Waals surface area contributed by atoms with Gasteiger partial charge in [-0.05, 0) is 49.4 Å². The molecule has 0 aliphatic rings. The number of H-pyrrole nitrogens is 1. The molecule has 1 amide bonds. The molecule has 0 aliphatic heterocycles. The third-order valence-electron chi connectivity index (χ3n) is 4.50. The number of pyridine rings is 1. The molecule has 2 aromatic heterocycles. The third kappa shape index (κ3) is 4.57. The zero-order valence-corrected chi connectivity index (χ0v) is 15.9. The van der Waals surface area contributed by atoms with Crippen molar-refractivity contribution in [1.29, 1.82) is 0 Å². The largest absolute Gasteiger partial charge is 0.370 e. The fourth-order valence-electron chi connectivity index (χ4n) is 2.93. The van der Waals surface area contributed by atoms with Crippen LogP contribution in [0, 0.1) is 12.7 Å². The van der Waals surface area contributed by atoms with Crippen molar-refractivity contribution < 1.29 is 9.18 Å². The van der Waals surface area contributed by atoms with Crippen molar-refractivity contribution >= 4 is 28.4 Å². The fraction of sp³-hybridized carbons (Fsp3) is 0.136. The quantitative estimate of drug-likeness (QED) is 0.459. The summed E-state index contributed by atoms with van der Waals surface area (Å²) in [6, 6.07) is 15.6. The number of hydrogen-bond acceptors (Lipinski definition) is 4. The van der Waals surface area contributed by atoms with Crippen LogP contribution in [0.5, 0.6) is 0 Å². The first-order valence-corrected chi connectivity index (χ1v) is 9.29. The van der Waals surface area contributed by atoms with Crippen LogP contribution in [0.25, 0.3) is 11.0 Å². The van der Waals surface area contributed by atoms with Crippen LogP contribution >= 0.6 is 0 Å². The molecular weight excluding hydrogens is 369 g/mol. The summed E-state index contributed by atoms with van der Waals surface area (Å²) < 4.78 is 13.2. The number of fused-ring (bicyclic) bond motifs is 1. The minimum absolute atomic E-state index is 0.206. The average Bonchev–Trinajstić information content (AvgIpc) is 3.12. The number of aromatic nitrogens is 3. The number of nitrogens with one attached hydrogen (secondary N) is 3. The van der Waals surface area contributed by atoms with Gasteiger partial charge in [-0.2, -0.15) is 0 Å². The second kappa shape index (κ2) is 8.10. The maximum Gasteiger partial charge on any atom is 0.257 e. The molecule has 6 nitrogen and oxygen atoms in total. The Hall–Kier alpha value is -3.74. The molecule has 0 saturated heterocycles. The summed E-state index contributed by atoms with van der Waals surface area (Å²) >= 11 is 0. The van der Waals surface area contributed by atoms with Gasteiger partial charge in [-0.15, -0.1) is 0 Å². The first kappa shape index (κ1) is 18.6. The number of aromatic amines is 1. The molecule has 7 heteroatoms. The molecule has 146 valence electrons. The third-order valence-corrected chi connectivity index (χ3v) is 4.50. The van der Waals surface area contributed by atoms with E-state index in [9.17, 15) is 9.18 Å². The molecule has 29 heavy (non-hydrogen) atoms. The molecule has 0 saturated carbocycles. The lowest BCUT2D eigenvalue weighted by molar-refractivity contribution is 0.102. The van der Waals surface area contributed by atoms with Crippen LogP contribution in [-0.4, -0.2) is 27.4 Å². The first-order chi connectivity index (χ1) is 14.1. The summed E-state index contributed by atoms with van der Waals surface area (Å²) in [4.78, 5) is 24.1. The summed E-state index contributed by atoms with van der Waals surface area (Å²) in [7, 11) is 0. The predicted molar refractivity (Wildman–Crippen MR) is 112 cm³/mol. The molecule has 0 radical (unpaired) electrons. The monoisotopic (exact) mass is 389 g/mol. The van der Waals surface area contributed by atoms with Gasteiger partial charge in [0.1, 0.15) is 17.5 Å². The Morgan fingerprint density at radius 3 is 2.69 bits per heavy atom. The van der Waals surface area contributed by atoms with Gasteiger partial charge in [0.2, 0.25) is 0 Å². The minimum atomic E-state index is -0.290. The maximum absolute atomic E-state index is 13.2. The van der Waals surface area contributed by atoms with Gasteiger partial charge >= 0.3 is 0 Å². The van der Waals surface area contributed by atoms with E-state index in [2.05, 4.69) is 25.6 Å². The van der Waals surface area contributed by atoms with Gasteiger partial charge in [0, 0.05) is 24.8 Å². The molecule has 0 spiro atoms. The highest BCUT2D eigenvalue weighted by molar-refractivity contribution is 6.04. The molecular formula is C22H20FN5O. The van der Waals surface area contributed by atoms with Gasteiger partial charge in [0.05, 0.1) is 16.6 Å². The molecule has 4 aromatic rings. The molecule has 0 fully saturated rings. The van der Waals surface area contributed by atoms with Crippen molar-refractivity contribution in [1.82, 2.24) is 15.0 Å². The smallest absolute Gasteiger partial charge is 0.257 e. The van der Waals surface area contributed by atoms with Crippen molar-refractivity contribution in [3.05, 3.63) is 83.6 Å². The van der Waals surface area contributed by atoms with Crippen molar-refractivity contribution in [3.63, 3.8) is 0 Å². The van der Waals surface area contributed by atoms with Gasteiger partial charge < -0.3 is 15.6 Å². The van der Waals surface area contributed by atoms with E-state index in [1.165, 1.54) is 18.3 Å². The van der Waals surface area contributed by atoms with E-state index in [1.807, 2.05) is 31.2 Å². The van der Waals surface area contributed by atoms with Crippen LogP contribution in [-0.2, 0) is 6.42 Å². The van der Waals surface area contributed by atoms with Gasteiger partial charge in [-0.1, -0.05) is 17.7 Å². The first-order valence-electron chi connectivity index (χ1n) is 9.29. The highest BCUT2D eigenvalue weighted by Gasteiger charge is 2.07. The van der Waals surface area contributed by atoms with Crippen LogP contribution in [0.2, 0.25) is 0 Å². The van der Waals surface area contributed by atoms with E-state index in [1.54, 1.807) is 18.2 Å². The highest BCUT2D eigenvalue weighted by atomic mass is 19.1. The van der Waals surface area contributed by atoms with Crippen molar-refractivity contribution in [2.75, 3.05) is 17.2 Å². The van der Waals surface area contributed by atoms with Crippen LogP contribution in [0.3, 0.4) is 0 Å².